The minimum Gasteiger partial charge on any atom is -0.497 e. The zero-order valence-corrected chi connectivity index (χ0v) is 17.7. The van der Waals surface area contributed by atoms with E-state index in [4.69, 9.17) is 9.47 Å². The second kappa shape index (κ2) is 9.13. The smallest absolute Gasteiger partial charge is 0.308 e. The van der Waals surface area contributed by atoms with Crippen LogP contribution in [0.2, 0.25) is 0 Å². The highest BCUT2D eigenvalue weighted by Crippen LogP contribution is 2.27. The third-order valence-electron chi connectivity index (χ3n) is 5.77. The van der Waals surface area contributed by atoms with Gasteiger partial charge in [-0.25, -0.2) is 8.42 Å². The predicted octanol–water partition coefficient (Wildman–Crippen LogP) is 1.51. The number of sulfonamides is 1. The molecule has 0 aromatic heterocycles. The first-order chi connectivity index (χ1) is 13.9. The van der Waals surface area contributed by atoms with Gasteiger partial charge in [-0.15, -0.1) is 0 Å². The van der Waals surface area contributed by atoms with E-state index in [9.17, 15) is 18.0 Å². The summed E-state index contributed by atoms with van der Waals surface area (Å²) in [6.07, 6.45) is 2.48. The Kier molecular flexibility index (Phi) is 6.79. The fourth-order valence-corrected chi connectivity index (χ4v) is 5.54. The minimum atomic E-state index is -3.66. The number of ether oxygens (including phenoxy) is 2. The van der Waals surface area contributed by atoms with E-state index in [-0.39, 0.29) is 35.2 Å². The van der Waals surface area contributed by atoms with Crippen molar-refractivity contribution in [3.8, 4) is 5.75 Å². The Balaban J connectivity index is 1.64. The van der Waals surface area contributed by atoms with Crippen LogP contribution in [0.5, 0.6) is 5.75 Å². The van der Waals surface area contributed by atoms with Crippen LogP contribution in [0, 0.1) is 11.8 Å². The number of hydrogen-bond donors (Lipinski definition) is 0. The third kappa shape index (κ3) is 4.72. The number of esters is 1. The van der Waals surface area contributed by atoms with Crippen molar-refractivity contribution in [1.29, 1.82) is 0 Å². The molecule has 1 atom stereocenters. The molecule has 0 saturated carbocycles. The van der Waals surface area contributed by atoms with Gasteiger partial charge in [-0.1, -0.05) is 0 Å². The van der Waals surface area contributed by atoms with E-state index in [2.05, 4.69) is 0 Å². The van der Waals surface area contributed by atoms with E-state index < -0.39 is 10.0 Å². The number of rotatable bonds is 5. The van der Waals surface area contributed by atoms with Gasteiger partial charge in [0.2, 0.25) is 15.9 Å². The van der Waals surface area contributed by atoms with Crippen LogP contribution in [0.25, 0.3) is 0 Å². The summed E-state index contributed by atoms with van der Waals surface area (Å²) in [4.78, 5) is 26.6. The van der Waals surface area contributed by atoms with Crippen molar-refractivity contribution in [2.45, 2.75) is 30.6 Å². The fourth-order valence-electron chi connectivity index (χ4n) is 4.02. The Hall–Kier alpha value is -2.13. The zero-order chi connectivity index (χ0) is 21.0. The predicted molar refractivity (Wildman–Crippen MR) is 106 cm³/mol. The van der Waals surface area contributed by atoms with Crippen molar-refractivity contribution >= 4 is 21.9 Å². The van der Waals surface area contributed by atoms with Crippen molar-refractivity contribution < 1.29 is 27.5 Å². The summed E-state index contributed by atoms with van der Waals surface area (Å²) in [6.45, 7) is 1.59. The molecule has 2 heterocycles. The summed E-state index contributed by atoms with van der Waals surface area (Å²) in [7, 11) is -0.761. The highest BCUT2D eigenvalue weighted by atomic mass is 32.2. The Morgan fingerprint density at radius 1 is 0.966 bits per heavy atom. The maximum atomic E-state index is 13.0. The van der Waals surface area contributed by atoms with Crippen LogP contribution < -0.4 is 4.74 Å². The van der Waals surface area contributed by atoms with E-state index in [1.165, 1.54) is 30.7 Å². The largest absolute Gasteiger partial charge is 0.497 e. The molecule has 2 saturated heterocycles. The number of carbonyl (C=O) groups is 2. The van der Waals surface area contributed by atoms with Gasteiger partial charge in [0.1, 0.15) is 5.75 Å². The molecule has 0 aliphatic carbocycles. The number of methoxy groups -OCH3 is 2. The average Bonchev–Trinajstić information content (AvgIpc) is 2.78. The van der Waals surface area contributed by atoms with Gasteiger partial charge in [0, 0.05) is 26.2 Å². The number of piperidine rings is 2. The Morgan fingerprint density at radius 3 is 2.21 bits per heavy atom. The van der Waals surface area contributed by atoms with Crippen LogP contribution in [0.4, 0.5) is 0 Å². The highest BCUT2D eigenvalue weighted by Gasteiger charge is 2.36. The lowest BCUT2D eigenvalue weighted by Gasteiger charge is -2.37. The molecule has 3 rings (SSSR count). The quantitative estimate of drug-likeness (QED) is 0.665. The lowest BCUT2D eigenvalue weighted by atomic mass is 9.93. The minimum absolute atomic E-state index is 0.0250. The first-order valence-corrected chi connectivity index (χ1v) is 11.3. The SMILES string of the molecule is COC(=O)C1CCN(C(=O)[C@@H]2CCCN(S(=O)(=O)c3ccc(OC)cc3)C2)CC1. The second-order valence-corrected chi connectivity index (χ2v) is 9.44. The molecular weight excluding hydrogens is 396 g/mol. The normalized spacial score (nSPS) is 21.6. The number of carbonyl (C=O) groups excluding carboxylic acids is 2. The monoisotopic (exact) mass is 424 g/mol. The Morgan fingerprint density at radius 2 is 1.62 bits per heavy atom. The van der Waals surface area contributed by atoms with Gasteiger partial charge in [-0.05, 0) is 49.9 Å². The van der Waals surface area contributed by atoms with Crippen LogP contribution in [0.1, 0.15) is 25.7 Å². The van der Waals surface area contributed by atoms with E-state index >= 15 is 0 Å². The molecule has 1 aromatic rings. The molecule has 0 radical (unpaired) electrons. The van der Waals surface area contributed by atoms with Crippen LogP contribution >= 0.6 is 0 Å². The summed E-state index contributed by atoms with van der Waals surface area (Å²) in [5.74, 6) is -0.186. The zero-order valence-electron chi connectivity index (χ0n) is 16.9. The van der Waals surface area contributed by atoms with Gasteiger partial charge in [0.15, 0.2) is 0 Å². The van der Waals surface area contributed by atoms with Gasteiger partial charge in [0.05, 0.1) is 31.0 Å². The summed E-state index contributed by atoms with van der Waals surface area (Å²) < 4.78 is 37.3. The first-order valence-electron chi connectivity index (χ1n) is 9.87. The highest BCUT2D eigenvalue weighted by molar-refractivity contribution is 7.89. The molecule has 2 fully saturated rings. The van der Waals surface area contributed by atoms with Gasteiger partial charge in [-0.2, -0.15) is 4.31 Å². The average molecular weight is 425 g/mol. The van der Waals surface area contributed by atoms with Crippen molar-refractivity contribution in [2.75, 3.05) is 40.4 Å². The molecule has 0 spiro atoms. The number of nitrogens with zero attached hydrogens (tertiary/aromatic N) is 2. The number of benzene rings is 1. The molecular formula is C20H28N2O6S. The molecule has 29 heavy (non-hydrogen) atoms. The number of hydrogen-bond acceptors (Lipinski definition) is 6. The van der Waals surface area contributed by atoms with Crippen molar-refractivity contribution in [3.05, 3.63) is 24.3 Å². The summed E-state index contributed by atoms with van der Waals surface area (Å²) in [6, 6.07) is 6.28. The summed E-state index contributed by atoms with van der Waals surface area (Å²) >= 11 is 0. The van der Waals surface area contributed by atoms with E-state index in [0.29, 0.717) is 51.1 Å². The standard InChI is InChI=1S/C20H28N2O6S/c1-27-17-5-7-18(8-6-17)29(25,26)22-11-3-4-16(14-22)19(23)21-12-9-15(10-13-21)20(24)28-2/h5-8,15-16H,3-4,9-14H2,1-2H3/t16-/m1/s1. The van der Waals surface area contributed by atoms with Crippen LogP contribution in [-0.4, -0.2) is 69.9 Å². The third-order valence-corrected chi connectivity index (χ3v) is 7.65. The lowest BCUT2D eigenvalue weighted by molar-refractivity contribution is -0.149. The first kappa shape index (κ1) is 21.6. The molecule has 1 aromatic carbocycles. The van der Waals surface area contributed by atoms with E-state index in [0.717, 1.165) is 0 Å². The molecule has 2 aliphatic heterocycles. The molecule has 9 heteroatoms. The Labute approximate surface area is 171 Å². The molecule has 8 nitrogen and oxygen atoms in total. The van der Waals surface area contributed by atoms with Gasteiger partial charge in [0.25, 0.3) is 0 Å². The molecule has 0 unspecified atom stereocenters. The summed E-state index contributed by atoms with van der Waals surface area (Å²) in [5, 5.41) is 0. The molecule has 0 N–H and O–H groups in total. The van der Waals surface area contributed by atoms with Crippen LogP contribution in [-0.2, 0) is 24.3 Å². The maximum Gasteiger partial charge on any atom is 0.308 e. The molecule has 0 bridgehead atoms. The van der Waals surface area contributed by atoms with Crippen molar-refractivity contribution in [3.63, 3.8) is 0 Å². The van der Waals surface area contributed by atoms with Gasteiger partial charge in [-0.3, -0.25) is 9.59 Å². The van der Waals surface area contributed by atoms with E-state index in [1.54, 1.807) is 17.0 Å². The molecule has 2 aliphatic rings. The summed E-state index contributed by atoms with van der Waals surface area (Å²) in [5.41, 5.74) is 0. The molecule has 160 valence electrons. The number of amides is 1. The van der Waals surface area contributed by atoms with Gasteiger partial charge >= 0.3 is 5.97 Å². The Bertz CT molecular complexity index is 831. The maximum absolute atomic E-state index is 13.0. The van der Waals surface area contributed by atoms with Crippen LogP contribution in [0.15, 0.2) is 29.2 Å². The second-order valence-electron chi connectivity index (χ2n) is 7.50. The molecule has 1 amide bonds. The lowest BCUT2D eigenvalue weighted by Crippen LogP contribution is -2.49. The van der Waals surface area contributed by atoms with Crippen molar-refractivity contribution in [1.82, 2.24) is 9.21 Å². The van der Waals surface area contributed by atoms with Crippen LogP contribution in [0.3, 0.4) is 0 Å². The van der Waals surface area contributed by atoms with Crippen molar-refractivity contribution in [2.24, 2.45) is 11.8 Å². The number of likely N-dealkylation sites (tertiary alicyclic amines) is 1. The van der Waals surface area contributed by atoms with Gasteiger partial charge < -0.3 is 14.4 Å². The fraction of sp³-hybridized carbons (Fsp3) is 0.600. The topological polar surface area (TPSA) is 93.2 Å². The van der Waals surface area contributed by atoms with E-state index in [1.807, 2.05) is 0 Å².